The first-order valence-corrected chi connectivity index (χ1v) is 6.65. The largest absolute Gasteiger partial charge is 0.481 e. The molecule has 2 rings (SSSR count). The summed E-state index contributed by atoms with van der Waals surface area (Å²) in [6.07, 6.45) is 2.43. The molecule has 4 atom stereocenters. The fourth-order valence-corrected chi connectivity index (χ4v) is 3.27. The second-order valence-corrected chi connectivity index (χ2v) is 5.86. The highest BCUT2D eigenvalue weighted by atomic mass is 16.5. The number of hydrogen-bond acceptors (Lipinski definition) is 3. The molecule has 5 nitrogen and oxygen atoms in total. The number of ether oxygens (including phenoxy) is 1. The number of carboxylic acid groups (broad SMARTS) is 1. The minimum absolute atomic E-state index is 0.225. The number of carboxylic acids is 1. The molecule has 5 heteroatoms. The molecule has 2 aliphatic carbocycles. The van der Waals surface area contributed by atoms with Crippen LogP contribution in [0.2, 0.25) is 0 Å². The summed E-state index contributed by atoms with van der Waals surface area (Å²) in [4.78, 5) is 22.9. The van der Waals surface area contributed by atoms with E-state index < -0.39 is 18.0 Å². The number of fused-ring (bicyclic) bond motifs is 2. The highest BCUT2D eigenvalue weighted by Gasteiger charge is 2.51. The summed E-state index contributed by atoms with van der Waals surface area (Å²) in [5, 5.41) is 12.0. The SMILES string of the molecule is CC(C)COC(=O)NC1C2CCC(C2)C1C(=O)O. The maximum atomic E-state index is 11.6. The first-order chi connectivity index (χ1) is 8.49. The van der Waals surface area contributed by atoms with Crippen LogP contribution < -0.4 is 5.32 Å². The van der Waals surface area contributed by atoms with Crippen LogP contribution in [0.4, 0.5) is 4.79 Å². The Bertz CT molecular complexity index is 342. The Balaban J connectivity index is 1.91. The van der Waals surface area contributed by atoms with Gasteiger partial charge >= 0.3 is 12.1 Å². The van der Waals surface area contributed by atoms with Gasteiger partial charge in [-0.2, -0.15) is 0 Å². The third-order valence-corrected chi connectivity index (χ3v) is 4.03. The number of alkyl carbamates (subject to hydrolysis) is 1. The first-order valence-electron chi connectivity index (χ1n) is 6.65. The van der Waals surface area contributed by atoms with Gasteiger partial charge in [-0.1, -0.05) is 13.8 Å². The molecule has 0 radical (unpaired) electrons. The third kappa shape index (κ3) is 2.60. The molecule has 1 amide bonds. The Morgan fingerprint density at radius 2 is 2.00 bits per heavy atom. The normalized spacial score (nSPS) is 33.7. The molecule has 0 spiro atoms. The number of aliphatic carboxylic acids is 1. The van der Waals surface area contributed by atoms with Crippen molar-refractivity contribution in [1.29, 1.82) is 0 Å². The van der Waals surface area contributed by atoms with Crippen LogP contribution in [-0.4, -0.2) is 29.8 Å². The lowest BCUT2D eigenvalue weighted by atomic mass is 9.84. The monoisotopic (exact) mass is 255 g/mol. The quantitative estimate of drug-likeness (QED) is 0.804. The smallest absolute Gasteiger partial charge is 0.407 e. The van der Waals surface area contributed by atoms with Crippen LogP contribution in [0.5, 0.6) is 0 Å². The molecule has 2 fully saturated rings. The molecule has 4 unspecified atom stereocenters. The fraction of sp³-hybridized carbons (Fsp3) is 0.846. The number of carbonyl (C=O) groups is 2. The Hall–Kier alpha value is -1.26. The van der Waals surface area contributed by atoms with E-state index in [0.717, 1.165) is 19.3 Å². The second-order valence-electron chi connectivity index (χ2n) is 5.86. The summed E-state index contributed by atoms with van der Waals surface area (Å²) in [6.45, 7) is 4.29. The number of rotatable bonds is 4. The molecule has 0 aromatic carbocycles. The average Bonchev–Trinajstić information content (AvgIpc) is 2.86. The van der Waals surface area contributed by atoms with E-state index in [-0.39, 0.29) is 17.9 Å². The number of nitrogens with one attached hydrogen (secondary N) is 1. The van der Waals surface area contributed by atoms with Gasteiger partial charge in [-0.15, -0.1) is 0 Å². The van der Waals surface area contributed by atoms with E-state index >= 15 is 0 Å². The third-order valence-electron chi connectivity index (χ3n) is 4.03. The molecule has 0 saturated heterocycles. The van der Waals surface area contributed by atoms with Crippen molar-refractivity contribution in [3.8, 4) is 0 Å². The van der Waals surface area contributed by atoms with Crippen molar-refractivity contribution < 1.29 is 19.4 Å². The van der Waals surface area contributed by atoms with Crippen LogP contribution in [-0.2, 0) is 9.53 Å². The van der Waals surface area contributed by atoms with Crippen LogP contribution in [0.3, 0.4) is 0 Å². The Kier molecular flexibility index (Phi) is 3.78. The van der Waals surface area contributed by atoms with Crippen LogP contribution in [0.25, 0.3) is 0 Å². The minimum Gasteiger partial charge on any atom is -0.481 e. The zero-order valence-electron chi connectivity index (χ0n) is 10.9. The maximum absolute atomic E-state index is 11.6. The molecule has 18 heavy (non-hydrogen) atoms. The summed E-state index contributed by atoms with van der Waals surface area (Å²) in [5.74, 6) is -0.414. The molecule has 0 aliphatic heterocycles. The van der Waals surface area contributed by atoms with Gasteiger partial charge < -0.3 is 15.2 Å². The standard InChI is InChI=1S/C13H21NO4/c1-7(2)6-18-13(17)14-11-9-4-3-8(5-9)10(11)12(15)16/h7-11H,3-6H2,1-2H3,(H,14,17)(H,15,16). The predicted octanol–water partition coefficient (Wildman–Crippen LogP) is 1.87. The van der Waals surface area contributed by atoms with Gasteiger partial charge in [-0.05, 0) is 37.0 Å². The van der Waals surface area contributed by atoms with Crippen LogP contribution in [0.1, 0.15) is 33.1 Å². The van der Waals surface area contributed by atoms with Gasteiger partial charge in [0.1, 0.15) is 0 Å². The molecule has 0 aromatic rings. The van der Waals surface area contributed by atoms with E-state index in [4.69, 9.17) is 4.74 Å². The van der Waals surface area contributed by atoms with E-state index in [0.29, 0.717) is 12.5 Å². The van der Waals surface area contributed by atoms with Gasteiger partial charge in [0, 0.05) is 6.04 Å². The van der Waals surface area contributed by atoms with Crippen molar-refractivity contribution in [2.24, 2.45) is 23.7 Å². The second kappa shape index (κ2) is 5.16. The molecule has 0 heterocycles. The first kappa shape index (κ1) is 13.2. The lowest BCUT2D eigenvalue weighted by Gasteiger charge is -2.28. The zero-order valence-corrected chi connectivity index (χ0v) is 10.9. The van der Waals surface area contributed by atoms with Gasteiger partial charge in [0.25, 0.3) is 0 Å². The van der Waals surface area contributed by atoms with E-state index in [2.05, 4.69) is 5.32 Å². The lowest BCUT2D eigenvalue weighted by Crippen LogP contribution is -2.47. The lowest BCUT2D eigenvalue weighted by molar-refractivity contribution is -0.144. The summed E-state index contributed by atoms with van der Waals surface area (Å²) >= 11 is 0. The molecular weight excluding hydrogens is 234 g/mol. The highest BCUT2D eigenvalue weighted by molar-refractivity contribution is 5.74. The topological polar surface area (TPSA) is 75.6 Å². The van der Waals surface area contributed by atoms with Crippen molar-refractivity contribution in [3.63, 3.8) is 0 Å². The van der Waals surface area contributed by atoms with E-state index in [1.54, 1.807) is 0 Å². The van der Waals surface area contributed by atoms with E-state index in [1.807, 2.05) is 13.8 Å². The van der Waals surface area contributed by atoms with Gasteiger partial charge in [0.15, 0.2) is 0 Å². The van der Waals surface area contributed by atoms with E-state index in [9.17, 15) is 14.7 Å². The molecular formula is C13H21NO4. The molecule has 2 aliphatic rings. The van der Waals surface area contributed by atoms with E-state index in [1.165, 1.54) is 0 Å². The Morgan fingerprint density at radius 3 is 2.61 bits per heavy atom. The molecule has 102 valence electrons. The van der Waals surface area contributed by atoms with Crippen molar-refractivity contribution in [2.75, 3.05) is 6.61 Å². The highest BCUT2D eigenvalue weighted by Crippen LogP contribution is 2.48. The Labute approximate surface area is 107 Å². The maximum Gasteiger partial charge on any atom is 0.407 e. The number of amides is 1. The summed E-state index contributed by atoms with van der Waals surface area (Å²) in [5.41, 5.74) is 0. The van der Waals surface area contributed by atoms with Gasteiger partial charge in [0.2, 0.25) is 0 Å². The molecule has 2 bridgehead atoms. The van der Waals surface area contributed by atoms with Crippen LogP contribution in [0, 0.1) is 23.7 Å². The molecule has 0 aromatic heterocycles. The average molecular weight is 255 g/mol. The zero-order chi connectivity index (χ0) is 13.3. The predicted molar refractivity (Wildman–Crippen MR) is 65.1 cm³/mol. The van der Waals surface area contributed by atoms with Gasteiger partial charge in [-0.25, -0.2) is 4.79 Å². The van der Waals surface area contributed by atoms with Crippen molar-refractivity contribution in [1.82, 2.24) is 5.32 Å². The number of carbonyl (C=O) groups excluding carboxylic acids is 1. The summed E-state index contributed by atoms with van der Waals surface area (Å²) in [6, 6.07) is -0.249. The van der Waals surface area contributed by atoms with Gasteiger partial charge in [-0.3, -0.25) is 4.79 Å². The van der Waals surface area contributed by atoms with Crippen LogP contribution >= 0.6 is 0 Å². The summed E-state index contributed by atoms with van der Waals surface area (Å²) < 4.78 is 5.06. The fourth-order valence-electron chi connectivity index (χ4n) is 3.27. The van der Waals surface area contributed by atoms with Gasteiger partial charge in [0.05, 0.1) is 12.5 Å². The minimum atomic E-state index is -0.795. The molecule has 2 saturated carbocycles. The number of hydrogen-bond donors (Lipinski definition) is 2. The van der Waals surface area contributed by atoms with Crippen LogP contribution in [0.15, 0.2) is 0 Å². The Morgan fingerprint density at radius 1 is 1.33 bits per heavy atom. The molecule has 2 N–H and O–H groups in total. The van der Waals surface area contributed by atoms with Crippen molar-refractivity contribution in [2.45, 2.75) is 39.2 Å². The summed E-state index contributed by atoms with van der Waals surface area (Å²) in [7, 11) is 0. The van der Waals surface area contributed by atoms with Crippen molar-refractivity contribution >= 4 is 12.1 Å². The van der Waals surface area contributed by atoms with Crippen molar-refractivity contribution in [3.05, 3.63) is 0 Å².